The third kappa shape index (κ3) is 4.66. The second-order valence-electron chi connectivity index (χ2n) is 7.17. The van der Waals surface area contributed by atoms with E-state index in [9.17, 15) is 72.0 Å². The smallest absolute Gasteiger partial charge is 0.252 e. The fourth-order valence-electron chi connectivity index (χ4n) is 3.58. The number of fused-ring (bicyclic) bond motifs is 1. The molecule has 0 N–H and O–H groups in total. The van der Waals surface area contributed by atoms with Crippen LogP contribution in [0.4, 0.5) is 61.5 Å². The summed E-state index contributed by atoms with van der Waals surface area (Å²) in [5.74, 6) is -15.0. The number of hydrogen-bond donors (Lipinski definition) is 0. The third-order valence-electron chi connectivity index (χ3n) is 4.96. The number of aromatic nitrogens is 2. The molecule has 0 unspecified atom stereocenters. The van der Waals surface area contributed by atoms with E-state index in [2.05, 4.69) is 9.97 Å². The summed E-state index contributed by atoms with van der Waals surface area (Å²) in [5.41, 5.74) is -16.7. The summed E-state index contributed by atoms with van der Waals surface area (Å²) in [7, 11) is 0. The monoisotopic (exact) mass is 576 g/mol. The van der Waals surface area contributed by atoms with Gasteiger partial charge in [-0.1, -0.05) is 0 Å². The molecule has 204 valence electrons. The van der Waals surface area contributed by atoms with Crippen molar-refractivity contribution in [3.05, 3.63) is 68.6 Å². The lowest BCUT2D eigenvalue weighted by atomic mass is 9.92. The molecule has 39 heavy (non-hydrogen) atoms. The third-order valence-corrected chi connectivity index (χ3v) is 4.96. The molecule has 3 rings (SSSR count). The van der Waals surface area contributed by atoms with Gasteiger partial charge in [-0.15, -0.1) is 0 Å². The van der Waals surface area contributed by atoms with E-state index in [-0.39, 0.29) is 0 Å². The van der Waals surface area contributed by atoms with Crippen LogP contribution >= 0.6 is 0 Å². The van der Waals surface area contributed by atoms with E-state index in [0.717, 1.165) is 6.07 Å². The van der Waals surface area contributed by atoms with Gasteiger partial charge in [0.05, 0.1) is 33.3 Å². The zero-order valence-electron chi connectivity index (χ0n) is 17.7. The molecule has 0 amide bonds. The highest BCUT2D eigenvalue weighted by molar-refractivity contribution is 5.88. The van der Waals surface area contributed by atoms with E-state index in [0.29, 0.717) is 18.5 Å². The van der Waals surface area contributed by atoms with Crippen molar-refractivity contribution < 1.29 is 61.5 Å². The van der Waals surface area contributed by atoms with E-state index >= 15 is 0 Å². The van der Waals surface area contributed by atoms with Crippen LogP contribution in [0.5, 0.6) is 0 Å². The minimum Gasteiger partial charge on any atom is -0.252 e. The molecule has 0 aliphatic heterocycles. The average molecular weight is 576 g/mol. The van der Waals surface area contributed by atoms with Gasteiger partial charge < -0.3 is 0 Å². The van der Waals surface area contributed by atoms with Crippen LogP contribution in [0.15, 0.2) is 12.4 Å². The fraction of sp³-hybridized carbons (Fsp3) is 0.143. The molecule has 3 aromatic rings. The number of halogens is 14. The molecule has 0 fully saturated rings. The summed E-state index contributed by atoms with van der Waals surface area (Å²) < 4.78 is 194. The van der Waals surface area contributed by atoms with Gasteiger partial charge in [0.25, 0.3) is 0 Å². The summed E-state index contributed by atoms with van der Waals surface area (Å²) in [6.07, 6.45) is -18.3. The summed E-state index contributed by atoms with van der Waals surface area (Å²) in [4.78, 5) is 6.26. The molecule has 1 heterocycles. The van der Waals surface area contributed by atoms with Crippen LogP contribution in [0, 0.1) is 51.7 Å². The largest absolute Gasteiger partial charge is 0.422 e. The molecule has 0 saturated carbocycles. The number of rotatable bonds is 1. The van der Waals surface area contributed by atoms with Gasteiger partial charge in [-0.2, -0.15) is 50.0 Å². The molecule has 0 spiro atoms. The maximum atomic E-state index is 14.5. The summed E-state index contributed by atoms with van der Waals surface area (Å²) in [6, 6.07) is 1.45. The van der Waals surface area contributed by atoms with Crippen LogP contribution in [0.2, 0.25) is 0 Å². The Morgan fingerprint density at radius 1 is 0.564 bits per heavy atom. The van der Waals surface area contributed by atoms with E-state index in [1.807, 2.05) is 0 Å². The lowest BCUT2D eigenvalue weighted by Gasteiger charge is -2.19. The number of nitrogens with zero attached hydrogens (tertiary/aromatic N) is 4. The van der Waals surface area contributed by atoms with E-state index in [4.69, 9.17) is 0 Å². The van der Waals surface area contributed by atoms with Crippen molar-refractivity contribution >= 4 is 22.2 Å². The Bertz CT molecular complexity index is 1690. The topological polar surface area (TPSA) is 73.4 Å². The average Bonchev–Trinajstić information content (AvgIpc) is 2.81. The van der Waals surface area contributed by atoms with Crippen molar-refractivity contribution in [1.82, 2.24) is 9.97 Å². The Morgan fingerprint density at radius 2 is 0.923 bits per heavy atom. The lowest BCUT2D eigenvalue weighted by molar-refractivity contribution is -0.138. The Hall–Kier alpha value is -4.48. The second-order valence-corrected chi connectivity index (χ2v) is 7.17. The molecule has 1 aromatic heterocycles. The number of benzene rings is 2. The summed E-state index contributed by atoms with van der Waals surface area (Å²) in [6.45, 7) is 0. The molecule has 2 aromatic carbocycles. The van der Waals surface area contributed by atoms with Gasteiger partial charge in [-0.05, 0) is 0 Å². The highest BCUT2D eigenvalue weighted by Gasteiger charge is 2.53. The van der Waals surface area contributed by atoms with Crippen molar-refractivity contribution in [1.29, 1.82) is 10.5 Å². The highest BCUT2D eigenvalue weighted by Crippen LogP contribution is 2.41. The van der Waals surface area contributed by atoms with Gasteiger partial charge in [0, 0.05) is 22.8 Å². The minimum absolute atomic E-state index is 0.360. The summed E-state index contributed by atoms with van der Waals surface area (Å²) >= 11 is 0. The fourth-order valence-corrected chi connectivity index (χ4v) is 3.58. The molecule has 0 atom stereocenters. The molecule has 18 heteroatoms. The highest BCUT2D eigenvalue weighted by atomic mass is 19.4. The van der Waals surface area contributed by atoms with Crippen LogP contribution in [-0.4, -0.2) is 28.5 Å². The molecule has 0 aliphatic rings. The minimum atomic E-state index is -6.37. The van der Waals surface area contributed by atoms with Crippen molar-refractivity contribution in [2.75, 3.05) is 0 Å². The quantitative estimate of drug-likeness (QED) is 0.230. The molecular weight excluding hydrogens is 574 g/mol. The van der Waals surface area contributed by atoms with E-state index in [1.165, 1.54) is 0 Å². The number of nitriles is 2. The Labute approximate surface area is 204 Å². The first kappa shape index (κ1) is 29.1. The van der Waals surface area contributed by atoms with Gasteiger partial charge in [-0.3, -0.25) is 9.97 Å². The van der Waals surface area contributed by atoms with Crippen molar-refractivity contribution in [2.45, 2.75) is 18.5 Å². The van der Waals surface area contributed by atoms with Crippen molar-refractivity contribution in [3.8, 4) is 12.1 Å². The predicted octanol–water partition coefficient (Wildman–Crippen LogP) is 5.11. The number of hydrogen-bond acceptors (Lipinski definition) is 4. The summed E-state index contributed by atoms with van der Waals surface area (Å²) in [5, 5.41) is 14.5. The predicted molar refractivity (Wildman–Crippen MR) is 98.5 cm³/mol. The molecule has 0 saturated heterocycles. The van der Waals surface area contributed by atoms with Crippen molar-refractivity contribution in [3.63, 3.8) is 0 Å². The Balaban J connectivity index is 3.02. The zero-order valence-corrected chi connectivity index (χ0v) is 17.7. The van der Waals surface area contributed by atoms with Gasteiger partial charge in [0.1, 0.15) is 17.7 Å². The standard InChI is InChI=1S/C21H2F14N4/c22-11-9(12(23)14(25)15(26)13(11)24)10(19(27,28)29)7-5(3-36)6(4-37)8(17-16(7)38-1-2-39-17)18(20(30,31)32)21(33,34)35/h1-2H/b10-7-. The van der Waals surface area contributed by atoms with Crippen LogP contribution in [0.25, 0.3) is 22.2 Å². The second kappa shape index (κ2) is 9.37. The van der Waals surface area contributed by atoms with Gasteiger partial charge in [0.2, 0.25) is 5.82 Å². The molecule has 0 radical (unpaired) electrons. The zero-order chi connectivity index (χ0) is 29.8. The van der Waals surface area contributed by atoms with Gasteiger partial charge >= 0.3 is 18.5 Å². The maximum absolute atomic E-state index is 14.5. The Morgan fingerprint density at radius 3 is 1.28 bits per heavy atom. The van der Waals surface area contributed by atoms with Crippen LogP contribution < -0.4 is 10.4 Å². The van der Waals surface area contributed by atoms with Crippen LogP contribution in [0.1, 0.15) is 16.7 Å². The van der Waals surface area contributed by atoms with Crippen LogP contribution in [-0.2, 0) is 0 Å². The van der Waals surface area contributed by atoms with E-state index < -0.39 is 96.9 Å². The molecule has 0 aliphatic carbocycles. The first-order chi connectivity index (χ1) is 17.8. The Kier molecular flexibility index (Phi) is 6.98. The first-order valence-electron chi connectivity index (χ1n) is 9.39. The first-order valence-corrected chi connectivity index (χ1v) is 9.39. The van der Waals surface area contributed by atoms with Crippen LogP contribution in [0.3, 0.4) is 0 Å². The normalized spacial score (nSPS) is 13.2. The lowest BCUT2D eigenvalue weighted by Crippen LogP contribution is -2.37. The SMILES string of the molecule is N#Cc1c(C#N)/c(=C(\c2c(F)c(F)c(F)c(F)c2F)C(F)(F)F)c2nccnc2c1=C(C(F)(F)F)C(F)(F)F. The maximum Gasteiger partial charge on any atom is 0.422 e. The molecule has 0 bridgehead atoms. The molecular formula is C21H2F14N4. The number of alkyl halides is 9. The van der Waals surface area contributed by atoms with E-state index in [1.54, 1.807) is 0 Å². The van der Waals surface area contributed by atoms with Crippen molar-refractivity contribution in [2.24, 2.45) is 0 Å². The molecule has 4 nitrogen and oxygen atoms in total. The van der Waals surface area contributed by atoms with Gasteiger partial charge in [0.15, 0.2) is 23.3 Å². The van der Waals surface area contributed by atoms with Gasteiger partial charge in [-0.25, -0.2) is 22.0 Å².